The van der Waals surface area contributed by atoms with Gasteiger partial charge in [0, 0.05) is 35.6 Å². The average Bonchev–Trinajstić information content (AvgIpc) is 3.44. The van der Waals surface area contributed by atoms with Crippen LogP contribution >= 0.6 is 11.6 Å². The fourth-order valence-corrected chi connectivity index (χ4v) is 4.05. The molecule has 2 N–H and O–H groups in total. The number of carbonyl (C=O) groups is 1. The summed E-state index contributed by atoms with van der Waals surface area (Å²) in [5.41, 5.74) is 2.44. The van der Waals surface area contributed by atoms with E-state index in [9.17, 15) is 9.90 Å². The third-order valence-corrected chi connectivity index (χ3v) is 5.30. The van der Waals surface area contributed by atoms with Crippen LogP contribution in [0.25, 0.3) is 16.9 Å². The van der Waals surface area contributed by atoms with Crippen LogP contribution in [0.5, 0.6) is 5.75 Å². The van der Waals surface area contributed by atoms with Gasteiger partial charge in [-0.2, -0.15) is 10.2 Å². The third-order valence-electron chi connectivity index (χ3n) is 5.09. The Hall–Kier alpha value is -3.43. The van der Waals surface area contributed by atoms with E-state index in [1.807, 2.05) is 6.07 Å². The molecule has 1 amide bonds. The molecule has 1 aliphatic rings. The molecule has 0 unspecified atom stereocenters. The molecule has 1 aliphatic heterocycles. The molecule has 1 aromatic carbocycles. The maximum Gasteiger partial charge on any atom is 0.261 e. The number of hydrogen-bond donors (Lipinski definition) is 2. The summed E-state index contributed by atoms with van der Waals surface area (Å²) in [4.78, 5) is 17.4. The molecule has 0 atom stereocenters. The standard InChI is InChI=1S/C22H21ClN6O3/c1-22(2,31)12-28-11-17(26-21(30)16-10-25-29-6-3-5-24-20(16)29)18(27-28)15-9-14(23)8-13-4-7-32-19(13)15/h3,5-6,8-11,31H,4,7,12H2,1-2H3,(H,26,30). The zero-order valence-electron chi connectivity index (χ0n) is 17.5. The molecule has 4 aromatic rings. The van der Waals surface area contributed by atoms with Crippen LogP contribution < -0.4 is 10.1 Å². The van der Waals surface area contributed by atoms with Crippen molar-refractivity contribution in [1.82, 2.24) is 24.4 Å². The maximum absolute atomic E-state index is 13.1. The van der Waals surface area contributed by atoms with E-state index in [0.717, 1.165) is 12.0 Å². The van der Waals surface area contributed by atoms with Crippen LogP contribution in [0.2, 0.25) is 5.02 Å². The molecule has 0 saturated heterocycles. The largest absolute Gasteiger partial charge is 0.492 e. The van der Waals surface area contributed by atoms with E-state index in [0.29, 0.717) is 45.5 Å². The highest BCUT2D eigenvalue weighted by Gasteiger charge is 2.26. The number of nitrogens with one attached hydrogen (secondary N) is 1. The van der Waals surface area contributed by atoms with Gasteiger partial charge in [0.2, 0.25) is 0 Å². The Morgan fingerprint density at radius 1 is 1.38 bits per heavy atom. The maximum atomic E-state index is 13.1. The molecule has 0 bridgehead atoms. The Labute approximate surface area is 188 Å². The molecule has 5 rings (SSSR count). The number of hydrogen-bond acceptors (Lipinski definition) is 6. The highest BCUT2D eigenvalue weighted by molar-refractivity contribution is 6.31. The van der Waals surface area contributed by atoms with Crippen molar-refractivity contribution in [2.24, 2.45) is 0 Å². The van der Waals surface area contributed by atoms with Crippen LogP contribution in [0, 0.1) is 0 Å². The van der Waals surface area contributed by atoms with Gasteiger partial charge in [0.25, 0.3) is 5.91 Å². The van der Waals surface area contributed by atoms with E-state index in [1.54, 1.807) is 49.3 Å². The second-order valence-electron chi connectivity index (χ2n) is 8.34. The molecular weight excluding hydrogens is 432 g/mol. The molecule has 10 heteroatoms. The highest BCUT2D eigenvalue weighted by atomic mass is 35.5. The topological polar surface area (TPSA) is 107 Å². The van der Waals surface area contributed by atoms with Gasteiger partial charge in [-0.05, 0) is 37.6 Å². The van der Waals surface area contributed by atoms with Gasteiger partial charge in [-0.15, -0.1) is 0 Å². The van der Waals surface area contributed by atoms with Gasteiger partial charge in [0.15, 0.2) is 5.65 Å². The number of ether oxygens (including phenoxy) is 1. The van der Waals surface area contributed by atoms with Crippen LogP contribution in [-0.4, -0.2) is 47.6 Å². The molecule has 0 radical (unpaired) electrons. The summed E-state index contributed by atoms with van der Waals surface area (Å²) in [6.45, 7) is 4.18. The predicted molar refractivity (Wildman–Crippen MR) is 119 cm³/mol. The quantitative estimate of drug-likeness (QED) is 0.481. The number of rotatable bonds is 5. The molecule has 164 valence electrons. The Morgan fingerprint density at radius 2 is 2.22 bits per heavy atom. The average molecular weight is 453 g/mol. The molecule has 0 spiro atoms. The monoisotopic (exact) mass is 452 g/mol. The molecular formula is C22H21ClN6O3. The second kappa shape index (κ2) is 7.61. The lowest BCUT2D eigenvalue weighted by molar-refractivity contribution is 0.0578. The minimum absolute atomic E-state index is 0.234. The van der Waals surface area contributed by atoms with Gasteiger partial charge >= 0.3 is 0 Å². The first-order chi connectivity index (χ1) is 15.3. The highest BCUT2D eigenvalue weighted by Crippen LogP contribution is 2.41. The van der Waals surface area contributed by atoms with Gasteiger partial charge in [-0.1, -0.05) is 11.6 Å². The fourth-order valence-electron chi connectivity index (χ4n) is 3.81. The number of fused-ring (bicyclic) bond motifs is 2. The molecule has 9 nitrogen and oxygen atoms in total. The SMILES string of the molecule is CC(C)(O)Cn1cc(NC(=O)c2cnn3cccnc23)c(-c2cc(Cl)cc3c2OCC3)n1. The Bertz CT molecular complexity index is 1340. The molecule has 4 heterocycles. The van der Waals surface area contributed by atoms with E-state index in [-0.39, 0.29) is 12.5 Å². The fraction of sp³-hybridized carbons (Fsp3) is 0.273. The molecule has 0 saturated carbocycles. The number of halogens is 1. The van der Waals surface area contributed by atoms with Crippen LogP contribution in [0.4, 0.5) is 5.69 Å². The van der Waals surface area contributed by atoms with Crippen LogP contribution in [-0.2, 0) is 13.0 Å². The first kappa shape index (κ1) is 20.5. The number of aliphatic hydroxyl groups is 1. The van der Waals surface area contributed by atoms with E-state index >= 15 is 0 Å². The van der Waals surface area contributed by atoms with Gasteiger partial charge in [0.1, 0.15) is 17.0 Å². The Balaban J connectivity index is 1.58. The minimum atomic E-state index is -0.996. The lowest BCUT2D eigenvalue weighted by Crippen LogP contribution is -2.26. The first-order valence-corrected chi connectivity index (χ1v) is 10.5. The van der Waals surface area contributed by atoms with Crippen molar-refractivity contribution in [3.05, 3.63) is 59.1 Å². The number of nitrogens with zero attached hydrogens (tertiary/aromatic N) is 5. The zero-order valence-corrected chi connectivity index (χ0v) is 18.3. The predicted octanol–water partition coefficient (Wildman–Crippen LogP) is 3.20. The summed E-state index contributed by atoms with van der Waals surface area (Å²) < 4.78 is 8.98. The Kier molecular flexibility index (Phi) is 4.87. The minimum Gasteiger partial charge on any atom is -0.492 e. The van der Waals surface area contributed by atoms with Crippen molar-refractivity contribution >= 4 is 28.8 Å². The van der Waals surface area contributed by atoms with Crippen molar-refractivity contribution in [2.75, 3.05) is 11.9 Å². The number of amides is 1. The second-order valence-corrected chi connectivity index (χ2v) is 8.78. The Morgan fingerprint density at radius 3 is 3.03 bits per heavy atom. The summed E-state index contributed by atoms with van der Waals surface area (Å²) in [5.74, 6) is 0.332. The smallest absolute Gasteiger partial charge is 0.261 e. The van der Waals surface area contributed by atoms with Gasteiger partial charge in [-0.3, -0.25) is 9.48 Å². The lowest BCUT2D eigenvalue weighted by atomic mass is 10.0. The molecule has 3 aromatic heterocycles. The summed E-state index contributed by atoms with van der Waals surface area (Å²) in [7, 11) is 0. The number of benzene rings is 1. The van der Waals surface area contributed by atoms with Crippen molar-refractivity contribution < 1.29 is 14.6 Å². The van der Waals surface area contributed by atoms with Crippen molar-refractivity contribution in [2.45, 2.75) is 32.4 Å². The van der Waals surface area contributed by atoms with Crippen molar-refractivity contribution in [1.29, 1.82) is 0 Å². The third kappa shape index (κ3) is 3.80. The summed E-state index contributed by atoms with van der Waals surface area (Å²) in [6, 6.07) is 5.39. The van der Waals surface area contributed by atoms with E-state index in [4.69, 9.17) is 16.3 Å². The zero-order chi connectivity index (χ0) is 22.5. The summed E-state index contributed by atoms with van der Waals surface area (Å²) in [6.07, 6.45) is 7.24. The van der Waals surface area contributed by atoms with Crippen molar-refractivity contribution in [3.63, 3.8) is 0 Å². The first-order valence-electron chi connectivity index (χ1n) is 10.1. The van der Waals surface area contributed by atoms with Gasteiger partial charge in [0.05, 0.1) is 30.6 Å². The van der Waals surface area contributed by atoms with E-state index in [2.05, 4.69) is 20.5 Å². The van der Waals surface area contributed by atoms with Crippen LogP contribution in [0.3, 0.4) is 0 Å². The summed E-state index contributed by atoms with van der Waals surface area (Å²) in [5, 5.41) is 22.6. The number of aromatic nitrogens is 5. The molecule has 0 fully saturated rings. The number of anilines is 1. The number of carbonyl (C=O) groups excluding carboxylic acids is 1. The van der Waals surface area contributed by atoms with Crippen molar-refractivity contribution in [3.8, 4) is 17.0 Å². The van der Waals surface area contributed by atoms with E-state index in [1.165, 1.54) is 10.7 Å². The lowest BCUT2D eigenvalue weighted by Gasteiger charge is -2.16. The summed E-state index contributed by atoms with van der Waals surface area (Å²) >= 11 is 6.36. The van der Waals surface area contributed by atoms with Crippen LogP contribution in [0.1, 0.15) is 29.8 Å². The molecule has 32 heavy (non-hydrogen) atoms. The van der Waals surface area contributed by atoms with Crippen LogP contribution in [0.15, 0.2) is 43.0 Å². The molecule has 0 aliphatic carbocycles. The van der Waals surface area contributed by atoms with E-state index < -0.39 is 5.60 Å². The van der Waals surface area contributed by atoms with Gasteiger partial charge in [-0.25, -0.2) is 9.50 Å². The normalized spacial score (nSPS) is 13.2. The van der Waals surface area contributed by atoms with Gasteiger partial charge < -0.3 is 15.2 Å².